The summed E-state index contributed by atoms with van der Waals surface area (Å²) in [6.45, 7) is 1.94. The van der Waals surface area contributed by atoms with Crippen molar-refractivity contribution in [1.29, 1.82) is 0 Å². The minimum absolute atomic E-state index is 0.117. The molecule has 0 spiro atoms. The molecule has 0 aromatic heterocycles. The van der Waals surface area contributed by atoms with E-state index in [1.54, 1.807) is 25.1 Å². The fraction of sp³-hybridized carbons (Fsp3) is 0.308. The average Bonchev–Trinajstić information content (AvgIpc) is 2.47. The summed E-state index contributed by atoms with van der Waals surface area (Å²) in [6.07, 6.45) is 0. The van der Waals surface area contributed by atoms with Gasteiger partial charge < -0.3 is 9.47 Å². The van der Waals surface area contributed by atoms with Crippen molar-refractivity contribution in [2.45, 2.75) is 6.92 Å². The summed E-state index contributed by atoms with van der Waals surface area (Å²) < 4.78 is 10.1. The van der Waals surface area contributed by atoms with Crippen LogP contribution in [0, 0.1) is 0 Å². The molecule has 0 atom stereocenters. The largest absolute Gasteiger partial charge is 0.482 e. The number of thioether (sulfide) groups is 1. The van der Waals surface area contributed by atoms with Gasteiger partial charge in [0.25, 0.3) is 5.91 Å². The fourth-order valence-corrected chi connectivity index (χ4v) is 2.26. The average molecular weight is 294 g/mol. The number of rotatable bonds is 5. The lowest BCUT2D eigenvalue weighted by atomic mass is 10.2. The monoisotopic (exact) mass is 294 g/mol. The molecule has 0 unspecified atom stereocenters. The van der Waals surface area contributed by atoms with E-state index in [0.29, 0.717) is 23.2 Å². The van der Waals surface area contributed by atoms with Gasteiger partial charge in [0.15, 0.2) is 6.61 Å². The third kappa shape index (κ3) is 3.99. The van der Waals surface area contributed by atoms with Gasteiger partial charge in [-0.05, 0) is 19.1 Å². The van der Waals surface area contributed by atoms with Gasteiger partial charge in [0.05, 0.1) is 12.4 Å². The molecule has 106 valence electrons. The lowest BCUT2D eigenvalue weighted by Crippen LogP contribution is -2.26. The summed E-state index contributed by atoms with van der Waals surface area (Å²) in [6, 6.07) is 7.17. The Kier molecular flexibility index (Phi) is 5.00. The van der Waals surface area contributed by atoms with Crippen molar-refractivity contribution < 1.29 is 19.1 Å². The first kappa shape index (κ1) is 14.4. The van der Waals surface area contributed by atoms with E-state index in [1.165, 1.54) is 11.8 Å². The molecule has 1 aliphatic heterocycles. The number of ether oxygens (including phenoxy) is 2. The number of hydrazone groups is 1. The first-order valence-corrected chi connectivity index (χ1v) is 7.06. The lowest BCUT2D eigenvalue weighted by Gasteiger charge is -2.12. The number of hydrogen-bond donors (Lipinski definition) is 1. The Balaban J connectivity index is 2.01. The van der Waals surface area contributed by atoms with E-state index in [2.05, 4.69) is 10.5 Å². The predicted octanol–water partition coefficient (Wildman–Crippen LogP) is 1.15. The van der Waals surface area contributed by atoms with Crippen molar-refractivity contribution in [3.05, 3.63) is 29.8 Å². The van der Waals surface area contributed by atoms with Crippen molar-refractivity contribution in [3.63, 3.8) is 0 Å². The highest BCUT2D eigenvalue weighted by molar-refractivity contribution is 8.15. The zero-order valence-electron chi connectivity index (χ0n) is 10.9. The van der Waals surface area contributed by atoms with Crippen molar-refractivity contribution in [2.24, 2.45) is 5.10 Å². The molecule has 0 saturated carbocycles. The number of carbonyl (C=O) groups excluding carboxylic acids is 2. The van der Waals surface area contributed by atoms with Crippen molar-refractivity contribution in [1.82, 2.24) is 5.43 Å². The van der Waals surface area contributed by atoms with E-state index in [1.807, 2.05) is 6.07 Å². The smallest absolute Gasteiger partial charge is 0.344 e. The van der Waals surface area contributed by atoms with Crippen LogP contribution in [0.15, 0.2) is 29.4 Å². The minimum Gasteiger partial charge on any atom is -0.482 e. The van der Waals surface area contributed by atoms with Gasteiger partial charge in [-0.15, -0.1) is 0 Å². The first-order valence-electron chi connectivity index (χ1n) is 6.07. The highest BCUT2D eigenvalue weighted by Gasteiger charge is 2.14. The lowest BCUT2D eigenvalue weighted by molar-refractivity contribution is -0.145. The Morgan fingerprint density at radius 1 is 1.50 bits per heavy atom. The molecule has 1 amide bonds. The summed E-state index contributed by atoms with van der Waals surface area (Å²) in [5.74, 6) is 0.367. The second-order valence-electron chi connectivity index (χ2n) is 3.86. The molecule has 1 aliphatic rings. The standard InChI is InChI=1S/C13H14N2O4S/c1-2-18-12(17)7-19-10-5-3-4-9(6-10)13-15-14-11(16)8-20-13/h3-6H,2,7-8H2,1H3,(H,14,16). The SMILES string of the molecule is CCOC(=O)COc1cccc(C2=NNC(=O)CS2)c1. The van der Waals surface area contributed by atoms with E-state index in [0.717, 1.165) is 5.56 Å². The van der Waals surface area contributed by atoms with Crippen LogP contribution in [-0.2, 0) is 14.3 Å². The Labute approximate surface area is 120 Å². The van der Waals surface area contributed by atoms with Crippen molar-refractivity contribution in [2.75, 3.05) is 19.0 Å². The Bertz CT molecular complexity index is 545. The molecular formula is C13H14N2O4S. The molecule has 7 heteroatoms. The van der Waals surface area contributed by atoms with E-state index in [4.69, 9.17) is 9.47 Å². The maximum absolute atomic E-state index is 11.2. The molecule has 0 saturated heterocycles. The summed E-state index contributed by atoms with van der Waals surface area (Å²) in [5.41, 5.74) is 3.26. The number of amides is 1. The maximum Gasteiger partial charge on any atom is 0.344 e. The summed E-state index contributed by atoms with van der Waals surface area (Å²) in [4.78, 5) is 22.2. The quantitative estimate of drug-likeness (QED) is 0.824. The summed E-state index contributed by atoms with van der Waals surface area (Å²) in [7, 11) is 0. The van der Waals surface area contributed by atoms with Crippen LogP contribution in [0.5, 0.6) is 5.75 Å². The molecule has 0 fully saturated rings. The molecule has 0 radical (unpaired) electrons. The van der Waals surface area contributed by atoms with Crippen LogP contribution in [0.3, 0.4) is 0 Å². The topological polar surface area (TPSA) is 77.0 Å². The minimum atomic E-state index is -0.408. The molecule has 1 aromatic rings. The fourth-order valence-electron chi connectivity index (χ4n) is 1.52. The van der Waals surface area contributed by atoms with Gasteiger partial charge in [0, 0.05) is 5.56 Å². The van der Waals surface area contributed by atoms with Crippen molar-refractivity contribution >= 4 is 28.7 Å². The second-order valence-corrected chi connectivity index (χ2v) is 4.83. The van der Waals surface area contributed by atoms with E-state index < -0.39 is 5.97 Å². The molecule has 1 N–H and O–H groups in total. The number of nitrogens with zero attached hydrogens (tertiary/aromatic N) is 1. The van der Waals surface area contributed by atoms with Gasteiger partial charge in [-0.25, -0.2) is 10.2 Å². The number of benzene rings is 1. The Morgan fingerprint density at radius 2 is 2.35 bits per heavy atom. The molecule has 1 aromatic carbocycles. The van der Waals surface area contributed by atoms with Crippen LogP contribution in [0.25, 0.3) is 0 Å². The van der Waals surface area contributed by atoms with Crippen LogP contribution in [0.4, 0.5) is 0 Å². The number of hydrogen-bond acceptors (Lipinski definition) is 6. The zero-order valence-corrected chi connectivity index (χ0v) is 11.7. The van der Waals surface area contributed by atoms with Crippen LogP contribution in [-0.4, -0.2) is 35.9 Å². The van der Waals surface area contributed by atoms with Crippen molar-refractivity contribution in [3.8, 4) is 5.75 Å². The molecule has 2 rings (SSSR count). The maximum atomic E-state index is 11.2. The van der Waals surface area contributed by atoms with E-state index in [-0.39, 0.29) is 12.5 Å². The van der Waals surface area contributed by atoms with Gasteiger partial charge in [0.1, 0.15) is 10.8 Å². The Morgan fingerprint density at radius 3 is 3.05 bits per heavy atom. The van der Waals surface area contributed by atoms with E-state index >= 15 is 0 Å². The highest BCUT2D eigenvalue weighted by Crippen LogP contribution is 2.20. The Hall–Kier alpha value is -2.02. The number of nitrogens with one attached hydrogen (secondary N) is 1. The molecule has 0 bridgehead atoms. The predicted molar refractivity (Wildman–Crippen MR) is 75.7 cm³/mol. The van der Waals surface area contributed by atoms with Gasteiger partial charge >= 0.3 is 5.97 Å². The van der Waals surface area contributed by atoms with Gasteiger partial charge in [-0.2, -0.15) is 5.10 Å². The third-order valence-electron chi connectivity index (χ3n) is 2.37. The number of carbonyl (C=O) groups is 2. The van der Waals surface area contributed by atoms with Crippen LogP contribution < -0.4 is 10.2 Å². The van der Waals surface area contributed by atoms with Crippen LogP contribution >= 0.6 is 11.8 Å². The first-order chi connectivity index (χ1) is 9.69. The molecule has 1 heterocycles. The summed E-state index contributed by atoms with van der Waals surface area (Å²) >= 11 is 1.36. The van der Waals surface area contributed by atoms with Gasteiger partial charge in [0.2, 0.25) is 0 Å². The van der Waals surface area contributed by atoms with Gasteiger partial charge in [-0.3, -0.25) is 4.79 Å². The molecular weight excluding hydrogens is 280 g/mol. The summed E-state index contributed by atoms with van der Waals surface area (Å²) in [5, 5.41) is 4.69. The highest BCUT2D eigenvalue weighted by atomic mass is 32.2. The second kappa shape index (κ2) is 6.95. The van der Waals surface area contributed by atoms with Gasteiger partial charge in [-0.1, -0.05) is 23.9 Å². The normalized spacial score (nSPS) is 14.2. The van der Waals surface area contributed by atoms with Crippen LogP contribution in [0.1, 0.15) is 12.5 Å². The zero-order chi connectivity index (χ0) is 14.4. The molecule has 20 heavy (non-hydrogen) atoms. The van der Waals surface area contributed by atoms with Crippen LogP contribution in [0.2, 0.25) is 0 Å². The third-order valence-corrected chi connectivity index (χ3v) is 3.37. The molecule has 0 aliphatic carbocycles. The van der Waals surface area contributed by atoms with E-state index in [9.17, 15) is 9.59 Å². The molecule has 6 nitrogen and oxygen atoms in total. The number of esters is 1.